The number of ether oxygens (including phenoxy) is 3. The van der Waals surface area contributed by atoms with E-state index in [0.717, 1.165) is 6.29 Å². The lowest BCUT2D eigenvalue weighted by Crippen LogP contribution is -2.49. The molecule has 0 radical (unpaired) electrons. The molecule has 1 atom stereocenters. The van der Waals surface area contributed by atoms with Crippen molar-refractivity contribution in [2.24, 2.45) is 12.8 Å². The Labute approximate surface area is 264 Å². The van der Waals surface area contributed by atoms with Gasteiger partial charge in [-0.1, -0.05) is 12.1 Å². The largest absolute Gasteiger partial charge is 0.504 e. The van der Waals surface area contributed by atoms with E-state index in [1.807, 2.05) is 22.6 Å². The van der Waals surface area contributed by atoms with Crippen molar-refractivity contribution in [3.63, 3.8) is 0 Å². The van der Waals surface area contributed by atoms with Crippen LogP contribution in [-0.4, -0.2) is 75.7 Å². The van der Waals surface area contributed by atoms with Crippen molar-refractivity contribution in [3.05, 3.63) is 72.1 Å². The molecule has 3 heterocycles. The number of phenolic OH excluding ortho intramolecular Hbond substituents is 1. The van der Waals surface area contributed by atoms with E-state index in [2.05, 4.69) is 9.97 Å². The Balaban J connectivity index is 1.52. The zero-order valence-corrected chi connectivity index (χ0v) is 25.6. The van der Waals surface area contributed by atoms with Gasteiger partial charge in [0.2, 0.25) is 11.6 Å². The molecule has 1 unspecified atom stereocenters. The lowest BCUT2D eigenvalue weighted by molar-refractivity contribution is -0.132. The van der Waals surface area contributed by atoms with E-state index >= 15 is 8.78 Å². The number of imidazole rings is 1. The fourth-order valence-electron chi connectivity index (χ4n) is 5.37. The number of rotatable bonds is 12. The Morgan fingerprint density at radius 1 is 1.17 bits per heavy atom. The number of nitrogens with two attached hydrogens (primary N) is 1. The summed E-state index contributed by atoms with van der Waals surface area (Å²) in [4.78, 5) is 23.3. The summed E-state index contributed by atoms with van der Waals surface area (Å²) < 4.78 is 51.4. The number of piperidine rings is 1. The highest BCUT2D eigenvalue weighted by molar-refractivity contribution is 5.95. The molecule has 1 aliphatic heterocycles. The number of aromatic nitrogens is 3. The third kappa shape index (κ3) is 6.77. The lowest BCUT2D eigenvalue weighted by Gasteiger charge is -2.39. The number of hydrogen-bond acceptors (Lipinski definition) is 10. The molecule has 5 rings (SSSR count). The number of benzene rings is 2. The summed E-state index contributed by atoms with van der Waals surface area (Å²) in [6.07, 6.45) is 4.44. The molecule has 2 aromatic carbocycles. The van der Waals surface area contributed by atoms with Crippen molar-refractivity contribution in [3.8, 4) is 40.4 Å². The van der Waals surface area contributed by atoms with Gasteiger partial charge in [-0.3, -0.25) is 15.1 Å². The molecule has 1 fully saturated rings. The molecular weight excluding hydrogens is 600 g/mol. The predicted octanol–water partition coefficient (Wildman–Crippen LogP) is 4.80. The number of aldehydes is 1. The van der Waals surface area contributed by atoms with Crippen molar-refractivity contribution in [2.75, 3.05) is 31.6 Å². The molecule has 1 aliphatic rings. The first kappa shape index (κ1) is 32.3. The maximum atomic E-state index is 16.3. The number of carbonyl (C=O) groups excluding carboxylic acids is 1. The van der Waals surface area contributed by atoms with Gasteiger partial charge in [0.1, 0.15) is 23.1 Å². The number of nitrogen functional groups attached to an aromatic ring is 1. The summed E-state index contributed by atoms with van der Waals surface area (Å²) in [6.45, 7) is 3.10. The standard InChI is InChI=1S/C32H35F2N7O5/c1-4-44-25(18-42)41-13-10-21(11-14-41)40(3)28-26(33)31(45-22-7-5-6-20(16-22)30-37-12-15-39(30)2)38-32(27(28)34)46-24-17-19(29(35)36)8-9-23(24)43/h5-9,12,15-18,21,25,43H,4,10-11,13-14H2,1-3H3,(H3,35,36). The molecule has 46 heavy (non-hydrogen) atoms. The van der Waals surface area contributed by atoms with Crippen molar-refractivity contribution in [1.29, 1.82) is 5.41 Å². The van der Waals surface area contributed by atoms with Crippen molar-refractivity contribution < 1.29 is 32.9 Å². The lowest BCUT2D eigenvalue weighted by atomic mass is 10.0. The second kappa shape index (κ2) is 13.9. The van der Waals surface area contributed by atoms with Gasteiger partial charge in [-0.25, -0.2) is 4.98 Å². The molecule has 0 aliphatic carbocycles. The summed E-state index contributed by atoms with van der Waals surface area (Å²) in [5.74, 6) is -3.46. The highest BCUT2D eigenvalue weighted by atomic mass is 19.1. The Morgan fingerprint density at radius 3 is 2.52 bits per heavy atom. The number of pyridine rings is 1. The fraction of sp³-hybridized carbons (Fsp3) is 0.312. The van der Waals surface area contributed by atoms with Crippen LogP contribution in [0.25, 0.3) is 11.4 Å². The van der Waals surface area contributed by atoms with E-state index in [0.29, 0.717) is 43.9 Å². The molecule has 0 saturated carbocycles. The molecule has 12 nitrogen and oxygen atoms in total. The number of halogens is 2. The summed E-state index contributed by atoms with van der Waals surface area (Å²) in [5.41, 5.74) is 6.05. The third-order valence-corrected chi connectivity index (χ3v) is 7.81. The number of nitrogens with zero attached hydrogens (tertiary/aromatic N) is 5. The molecule has 4 N–H and O–H groups in total. The Kier molecular flexibility index (Phi) is 9.78. The number of carbonyl (C=O) groups is 1. The quantitative estimate of drug-likeness (QED) is 0.113. The molecule has 4 aromatic rings. The topological polar surface area (TPSA) is 152 Å². The van der Waals surface area contributed by atoms with Gasteiger partial charge in [-0.05, 0) is 50.1 Å². The van der Waals surface area contributed by atoms with Gasteiger partial charge in [-0.15, -0.1) is 0 Å². The van der Waals surface area contributed by atoms with E-state index in [-0.39, 0.29) is 34.7 Å². The van der Waals surface area contributed by atoms with E-state index in [1.165, 1.54) is 23.1 Å². The van der Waals surface area contributed by atoms with Gasteiger partial charge in [0.05, 0.1) is 0 Å². The van der Waals surface area contributed by atoms with Crippen molar-refractivity contribution in [2.45, 2.75) is 32.0 Å². The average molecular weight is 636 g/mol. The first-order valence-corrected chi connectivity index (χ1v) is 14.6. The number of phenols is 1. The van der Waals surface area contributed by atoms with Crippen LogP contribution < -0.4 is 20.1 Å². The minimum atomic E-state index is -1.12. The van der Waals surface area contributed by atoms with Crippen LogP contribution in [0.1, 0.15) is 25.3 Å². The molecule has 0 amide bonds. The van der Waals surface area contributed by atoms with Crippen LogP contribution in [0.5, 0.6) is 29.0 Å². The number of hydrogen-bond donors (Lipinski definition) is 3. The van der Waals surface area contributed by atoms with Crippen molar-refractivity contribution >= 4 is 17.8 Å². The van der Waals surface area contributed by atoms with E-state index in [9.17, 15) is 9.90 Å². The second-order valence-electron chi connectivity index (χ2n) is 10.7. The summed E-state index contributed by atoms with van der Waals surface area (Å²) >= 11 is 0. The minimum Gasteiger partial charge on any atom is -0.504 e. The van der Waals surface area contributed by atoms with Gasteiger partial charge >= 0.3 is 0 Å². The molecule has 2 aromatic heterocycles. The monoisotopic (exact) mass is 635 g/mol. The number of likely N-dealkylation sites (tertiary alicyclic amines) is 1. The Morgan fingerprint density at radius 2 is 1.89 bits per heavy atom. The van der Waals surface area contributed by atoms with Crippen molar-refractivity contribution in [1.82, 2.24) is 19.4 Å². The number of aromatic hydroxyl groups is 1. The van der Waals surface area contributed by atoms with Gasteiger partial charge in [-0.2, -0.15) is 13.8 Å². The zero-order valence-electron chi connectivity index (χ0n) is 25.6. The minimum absolute atomic E-state index is 0.211. The number of amidine groups is 1. The SMILES string of the molecule is CCOC(C=O)N1CCC(N(C)c2c(F)c(Oc3cccc(-c4nccn4C)c3)nc(Oc3cc(C(=N)N)ccc3O)c2F)CC1. The van der Waals surface area contributed by atoms with Gasteiger partial charge < -0.3 is 34.5 Å². The van der Waals surface area contributed by atoms with E-state index < -0.39 is 35.3 Å². The fourth-order valence-corrected chi connectivity index (χ4v) is 5.37. The van der Waals surface area contributed by atoms with E-state index in [4.69, 9.17) is 25.4 Å². The number of nitrogens with one attached hydrogen (secondary N) is 1. The maximum absolute atomic E-state index is 16.3. The molecule has 14 heteroatoms. The zero-order chi connectivity index (χ0) is 33.0. The third-order valence-electron chi connectivity index (χ3n) is 7.81. The molecule has 242 valence electrons. The van der Waals surface area contributed by atoms with Crippen LogP contribution >= 0.6 is 0 Å². The second-order valence-corrected chi connectivity index (χ2v) is 10.7. The van der Waals surface area contributed by atoms with Crippen LogP contribution in [0.4, 0.5) is 14.5 Å². The normalized spacial score (nSPS) is 14.5. The average Bonchev–Trinajstić information content (AvgIpc) is 3.49. The van der Waals surface area contributed by atoms with Crippen LogP contribution in [0.2, 0.25) is 0 Å². The van der Waals surface area contributed by atoms with E-state index in [1.54, 1.807) is 44.6 Å². The molecular formula is C32H35F2N7O5. The first-order valence-electron chi connectivity index (χ1n) is 14.6. The smallest absolute Gasteiger partial charge is 0.261 e. The van der Waals surface area contributed by atoms with Gasteiger partial charge in [0.25, 0.3) is 11.8 Å². The van der Waals surface area contributed by atoms with Crippen LogP contribution in [0.3, 0.4) is 0 Å². The molecule has 1 saturated heterocycles. The summed E-state index contributed by atoms with van der Waals surface area (Å²) in [7, 11) is 3.39. The summed E-state index contributed by atoms with van der Waals surface area (Å²) in [5, 5.41) is 18.1. The van der Waals surface area contributed by atoms with Crippen LogP contribution in [-0.2, 0) is 16.6 Å². The predicted molar refractivity (Wildman–Crippen MR) is 167 cm³/mol. The number of aryl methyl sites for hydroxylation is 1. The maximum Gasteiger partial charge on any atom is 0.261 e. The highest BCUT2D eigenvalue weighted by Crippen LogP contribution is 2.41. The van der Waals surface area contributed by atoms with Gasteiger partial charge in [0, 0.05) is 63.4 Å². The number of anilines is 1. The van der Waals surface area contributed by atoms with Crippen LogP contribution in [0, 0.1) is 17.0 Å². The molecule has 0 spiro atoms. The highest BCUT2D eigenvalue weighted by Gasteiger charge is 2.33. The van der Waals surface area contributed by atoms with Crippen LogP contribution in [0.15, 0.2) is 54.9 Å². The first-order chi connectivity index (χ1) is 22.1. The Hall–Kier alpha value is -5.08. The molecule has 0 bridgehead atoms. The van der Waals surface area contributed by atoms with Gasteiger partial charge in [0.15, 0.2) is 24.0 Å². The Bertz CT molecular complexity index is 1730. The summed E-state index contributed by atoms with van der Waals surface area (Å²) in [6, 6.07) is 10.3.